The quantitative estimate of drug-likeness (QED) is 0.854. The molecule has 0 heterocycles. The molecule has 19 heavy (non-hydrogen) atoms. The molecule has 0 spiro atoms. The average molecular weight is 285 g/mol. The number of nitrogens with zero attached hydrogens (tertiary/aromatic N) is 1. The topological polar surface area (TPSA) is 24.5 Å². The molecule has 1 N–H and O–H groups in total. The van der Waals surface area contributed by atoms with Crippen molar-refractivity contribution >= 4 is 23.0 Å². The summed E-state index contributed by atoms with van der Waals surface area (Å²) in [5, 5.41) is 4.21. The largest absolute Gasteiger partial charge is 0.382 e. The lowest BCUT2D eigenvalue weighted by Gasteiger charge is -2.27. The Labute approximate surface area is 121 Å². The molecule has 0 radical (unpaired) electrons. The fourth-order valence-corrected chi connectivity index (χ4v) is 2.47. The molecule has 108 valence electrons. The number of halogens is 1. The van der Waals surface area contributed by atoms with Gasteiger partial charge in [-0.2, -0.15) is 0 Å². The van der Waals surface area contributed by atoms with Crippen LogP contribution in [-0.4, -0.2) is 32.8 Å². The fourth-order valence-electron chi connectivity index (χ4n) is 2.12. The predicted octanol–water partition coefficient (Wildman–Crippen LogP) is 4.02. The molecule has 0 aliphatic heterocycles. The fraction of sp³-hybridized carbons (Fsp3) is 0.600. The maximum Gasteiger partial charge on any atom is 0.0659 e. The number of methoxy groups -OCH3 is 1. The maximum atomic E-state index is 6.26. The van der Waals surface area contributed by atoms with E-state index in [4.69, 9.17) is 16.3 Å². The monoisotopic (exact) mass is 284 g/mol. The van der Waals surface area contributed by atoms with Crippen LogP contribution in [0.4, 0.5) is 11.4 Å². The molecule has 0 aliphatic carbocycles. The van der Waals surface area contributed by atoms with Gasteiger partial charge in [0.05, 0.1) is 16.3 Å². The highest BCUT2D eigenvalue weighted by molar-refractivity contribution is 6.33. The molecule has 1 unspecified atom stereocenters. The van der Waals surface area contributed by atoms with Gasteiger partial charge in [0.2, 0.25) is 0 Å². The second kappa shape index (κ2) is 6.49. The summed E-state index contributed by atoms with van der Waals surface area (Å²) in [7, 11) is 5.71. The molecule has 0 saturated carbocycles. The van der Waals surface area contributed by atoms with E-state index < -0.39 is 0 Å². The zero-order valence-corrected chi connectivity index (χ0v) is 13.5. The summed E-state index contributed by atoms with van der Waals surface area (Å²) in [5.41, 5.74) is 1.94. The molecule has 1 rings (SSSR count). The number of nitrogens with one attached hydrogen (secondary N) is 1. The van der Waals surface area contributed by atoms with Crippen LogP contribution in [0.25, 0.3) is 0 Å². The number of anilines is 2. The van der Waals surface area contributed by atoms with Crippen LogP contribution in [0.5, 0.6) is 0 Å². The van der Waals surface area contributed by atoms with Crippen LogP contribution < -0.4 is 10.2 Å². The standard InChI is InChI=1S/C15H25ClN2O/c1-11(10-15(2,3)19-6)17-12-7-8-14(18(4)5)13(16)9-12/h7-9,11,17H,10H2,1-6H3. The van der Waals surface area contributed by atoms with Gasteiger partial charge in [0, 0.05) is 32.9 Å². The third kappa shape index (κ3) is 4.92. The van der Waals surface area contributed by atoms with Gasteiger partial charge in [-0.05, 0) is 45.4 Å². The molecular formula is C15H25ClN2O. The van der Waals surface area contributed by atoms with E-state index in [9.17, 15) is 0 Å². The zero-order valence-electron chi connectivity index (χ0n) is 12.7. The molecule has 0 aliphatic rings. The second-order valence-corrected chi connectivity index (χ2v) is 6.18. The predicted molar refractivity (Wildman–Crippen MR) is 84.6 cm³/mol. The minimum Gasteiger partial charge on any atom is -0.382 e. The van der Waals surface area contributed by atoms with Gasteiger partial charge in [0.1, 0.15) is 0 Å². The smallest absolute Gasteiger partial charge is 0.0659 e. The third-order valence-electron chi connectivity index (χ3n) is 3.19. The van der Waals surface area contributed by atoms with Crippen molar-refractivity contribution in [2.45, 2.75) is 38.8 Å². The number of hydrogen-bond donors (Lipinski definition) is 1. The van der Waals surface area contributed by atoms with E-state index in [-0.39, 0.29) is 5.60 Å². The van der Waals surface area contributed by atoms with E-state index in [0.717, 1.165) is 22.8 Å². The van der Waals surface area contributed by atoms with Crippen LogP contribution >= 0.6 is 11.6 Å². The Balaban J connectivity index is 2.70. The van der Waals surface area contributed by atoms with Gasteiger partial charge < -0.3 is 15.0 Å². The molecule has 1 aromatic carbocycles. The first kappa shape index (κ1) is 16.1. The molecular weight excluding hydrogens is 260 g/mol. The van der Waals surface area contributed by atoms with Crippen molar-refractivity contribution < 1.29 is 4.74 Å². The Kier molecular flexibility index (Phi) is 5.50. The summed E-state index contributed by atoms with van der Waals surface area (Å²) >= 11 is 6.26. The second-order valence-electron chi connectivity index (χ2n) is 5.77. The Hall–Kier alpha value is -0.930. The van der Waals surface area contributed by atoms with Crippen LogP contribution in [-0.2, 0) is 4.74 Å². The van der Waals surface area contributed by atoms with Crippen LogP contribution in [0.15, 0.2) is 18.2 Å². The van der Waals surface area contributed by atoms with Crippen molar-refractivity contribution in [3.05, 3.63) is 23.2 Å². The number of hydrogen-bond acceptors (Lipinski definition) is 3. The van der Waals surface area contributed by atoms with Gasteiger partial charge in [0.15, 0.2) is 0 Å². The summed E-state index contributed by atoms with van der Waals surface area (Å²) in [5.74, 6) is 0. The number of ether oxygens (including phenoxy) is 1. The molecule has 1 atom stereocenters. The van der Waals surface area contributed by atoms with Crippen LogP contribution in [0.2, 0.25) is 5.02 Å². The zero-order chi connectivity index (χ0) is 14.6. The molecule has 0 aromatic heterocycles. The van der Waals surface area contributed by atoms with Crippen molar-refractivity contribution in [3.8, 4) is 0 Å². The first-order valence-electron chi connectivity index (χ1n) is 6.54. The Morgan fingerprint density at radius 2 is 2.00 bits per heavy atom. The third-order valence-corrected chi connectivity index (χ3v) is 3.50. The first-order valence-corrected chi connectivity index (χ1v) is 6.91. The lowest BCUT2D eigenvalue weighted by molar-refractivity contribution is 0.0128. The minimum atomic E-state index is -0.125. The lowest BCUT2D eigenvalue weighted by Crippen LogP contribution is -2.31. The average Bonchev–Trinajstić information content (AvgIpc) is 2.27. The van der Waals surface area contributed by atoms with Crippen LogP contribution in [0.3, 0.4) is 0 Å². The van der Waals surface area contributed by atoms with Crippen molar-refractivity contribution in [2.75, 3.05) is 31.4 Å². The van der Waals surface area contributed by atoms with Crippen LogP contribution in [0.1, 0.15) is 27.2 Å². The Morgan fingerprint density at radius 3 is 2.47 bits per heavy atom. The summed E-state index contributed by atoms with van der Waals surface area (Å²) in [4.78, 5) is 2.00. The van der Waals surface area contributed by atoms with Gasteiger partial charge >= 0.3 is 0 Å². The Morgan fingerprint density at radius 1 is 1.37 bits per heavy atom. The van der Waals surface area contributed by atoms with Gasteiger partial charge in [-0.15, -0.1) is 0 Å². The van der Waals surface area contributed by atoms with E-state index in [1.807, 2.05) is 31.1 Å². The molecule has 4 heteroatoms. The summed E-state index contributed by atoms with van der Waals surface area (Å²) in [6.45, 7) is 6.33. The normalized spacial score (nSPS) is 13.2. The first-order chi connectivity index (χ1) is 8.75. The summed E-state index contributed by atoms with van der Waals surface area (Å²) < 4.78 is 5.45. The molecule has 0 amide bonds. The minimum absolute atomic E-state index is 0.125. The van der Waals surface area contributed by atoms with Gasteiger partial charge in [-0.25, -0.2) is 0 Å². The highest BCUT2D eigenvalue weighted by Gasteiger charge is 2.20. The van der Waals surface area contributed by atoms with Gasteiger partial charge in [0.25, 0.3) is 0 Å². The molecule has 0 saturated heterocycles. The van der Waals surface area contributed by atoms with Crippen molar-refractivity contribution in [2.24, 2.45) is 0 Å². The van der Waals surface area contributed by atoms with Crippen molar-refractivity contribution in [1.29, 1.82) is 0 Å². The van der Waals surface area contributed by atoms with E-state index in [1.165, 1.54) is 0 Å². The summed E-state index contributed by atoms with van der Waals surface area (Å²) in [6, 6.07) is 6.36. The summed E-state index contributed by atoms with van der Waals surface area (Å²) in [6.07, 6.45) is 0.927. The van der Waals surface area contributed by atoms with Crippen molar-refractivity contribution in [3.63, 3.8) is 0 Å². The SMILES string of the molecule is COC(C)(C)CC(C)Nc1ccc(N(C)C)c(Cl)c1. The van der Waals surface area contributed by atoms with Crippen LogP contribution in [0, 0.1) is 0 Å². The van der Waals surface area contributed by atoms with E-state index >= 15 is 0 Å². The molecule has 0 fully saturated rings. The molecule has 1 aromatic rings. The highest BCUT2D eigenvalue weighted by Crippen LogP contribution is 2.28. The van der Waals surface area contributed by atoms with E-state index in [1.54, 1.807) is 7.11 Å². The van der Waals surface area contributed by atoms with Crippen molar-refractivity contribution in [1.82, 2.24) is 0 Å². The maximum absolute atomic E-state index is 6.26. The van der Waals surface area contributed by atoms with E-state index in [0.29, 0.717) is 6.04 Å². The van der Waals surface area contributed by atoms with E-state index in [2.05, 4.69) is 32.2 Å². The van der Waals surface area contributed by atoms with Gasteiger partial charge in [-0.1, -0.05) is 11.6 Å². The number of benzene rings is 1. The van der Waals surface area contributed by atoms with Gasteiger partial charge in [-0.3, -0.25) is 0 Å². The molecule has 3 nitrogen and oxygen atoms in total. The number of rotatable bonds is 6. The highest BCUT2D eigenvalue weighted by atomic mass is 35.5. The molecule has 0 bridgehead atoms. The lowest BCUT2D eigenvalue weighted by atomic mass is 9.99. The Bertz CT molecular complexity index is 419.